The molecule has 2 rings (SSSR count). The lowest BCUT2D eigenvalue weighted by Gasteiger charge is -2.22. The molecule has 1 saturated carbocycles. The van der Waals surface area contributed by atoms with Crippen molar-refractivity contribution in [3.05, 3.63) is 35.6 Å². The normalized spacial score (nSPS) is 13.8. The first-order valence-electron chi connectivity index (χ1n) is 6.39. The van der Waals surface area contributed by atoms with Crippen LogP contribution in [0.4, 0.5) is 4.39 Å². The van der Waals surface area contributed by atoms with Crippen molar-refractivity contribution in [2.75, 3.05) is 13.6 Å². The molecule has 1 aromatic carbocycles. The number of carbonyl (C=O) groups is 1. The highest BCUT2D eigenvalue weighted by Gasteiger charge is 2.32. The summed E-state index contributed by atoms with van der Waals surface area (Å²) in [6, 6.07) is 6.84. The third-order valence-corrected chi connectivity index (χ3v) is 3.14. The van der Waals surface area contributed by atoms with Crippen LogP contribution >= 0.6 is 12.4 Å². The molecule has 0 spiro atoms. The second-order valence-electron chi connectivity index (χ2n) is 4.74. The maximum absolute atomic E-state index is 13.1. The van der Waals surface area contributed by atoms with Crippen LogP contribution in [0.5, 0.6) is 0 Å². The monoisotopic (exact) mass is 286 g/mol. The molecule has 0 aromatic heterocycles. The molecule has 0 radical (unpaired) electrons. The molecule has 106 valence electrons. The molecule has 0 bridgehead atoms. The SMILES string of the molecule is CNCCC(=O)N(Cc1cccc(F)c1)C1CC1.Cl. The molecule has 19 heavy (non-hydrogen) atoms. The lowest BCUT2D eigenvalue weighted by Crippen LogP contribution is -2.34. The number of hydrogen-bond donors (Lipinski definition) is 1. The fourth-order valence-corrected chi connectivity index (χ4v) is 2.01. The van der Waals surface area contributed by atoms with Crippen molar-refractivity contribution in [2.45, 2.75) is 31.8 Å². The topological polar surface area (TPSA) is 32.3 Å². The first-order chi connectivity index (χ1) is 8.70. The van der Waals surface area contributed by atoms with Crippen molar-refractivity contribution in [2.24, 2.45) is 0 Å². The van der Waals surface area contributed by atoms with Crippen LogP contribution < -0.4 is 5.32 Å². The van der Waals surface area contributed by atoms with Gasteiger partial charge in [0.2, 0.25) is 5.91 Å². The highest BCUT2D eigenvalue weighted by Crippen LogP contribution is 2.29. The van der Waals surface area contributed by atoms with Gasteiger partial charge in [0, 0.05) is 25.6 Å². The predicted molar refractivity (Wildman–Crippen MR) is 75.8 cm³/mol. The number of hydrogen-bond acceptors (Lipinski definition) is 2. The maximum atomic E-state index is 13.1. The van der Waals surface area contributed by atoms with Crippen molar-refractivity contribution in [3.8, 4) is 0 Å². The highest BCUT2D eigenvalue weighted by molar-refractivity contribution is 5.85. The van der Waals surface area contributed by atoms with Gasteiger partial charge in [-0.3, -0.25) is 4.79 Å². The molecular weight excluding hydrogens is 267 g/mol. The second kappa shape index (κ2) is 7.46. The Labute approximate surface area is 119 Å². The van der Waals surface area contributed by atoms with Crippen molar-refractivity contribution in [3.63, 3.8) is 0 Å². The lowest BCUT2D eigenvalue weighted by atomic mass is 10.2. The van der Waals surface area contributed by atoms with Crippen LogP contribution in [0.25, 0.3) is 0 Å². The minimum atomic E-state index is -0.245. The summed E-state index contributed by atoms with van der Waals surface area (Å²) < 4.78 is 13.1. The van der Waals surface area contributed by atoms with Crippen LogP contribution in [0, 0.1) is 5.82 Å². The number of halogens is 2. The summed E-state index contributed by atoms with van der Waals surface area (Å²) in [7, 11) is 1.83. The van der Waals surface area contributed by atoms with Gasteiger partial charge in [0.05, 0.1) is 0 Å². The lowest BCUT2D eigenvalue weighted by molar-refractivity contribution is -0.132. The van der Waals surface area contributed by atoms with Crippen molar-refractivity contribution < 1.29 is 9.18 Å². The van der Waals surface area contributed by atoms with Gasteiger partial charge in [-0.1, -0.05) is 12.1 Å². The number of nitrogens with zero attached hydrogens (tertiary/aromatic N) is 1. The van der Waals surface area contributed by atoms with Gasteiger partial charge in [0.1, 0.15) is 5.82 Å². The molecule has 0 heterocycles. The van der Waals surface area contributed by atoms with E-state index in [-0.39, 0.29) is 24.1 Å². The van der Waals surface area contributed by atoms with Crippen LogP contribution in [0.3, 0.4) is 0 Å². The molecule has 3 nitrogen and oxygen atoms in total. The Kier molecular flexibility index (Phi) is 6.25. The first-order valence-corrected chi connectivity index (χ1v) is 6.39. The van der Waals surface area contributed by atoms with E-state index in [1.54, 1.807) is 6.07 Å². The fraction of sp³-hybridized carbons (Fsp3) is 0.500. The summed E-state index contributed by atoms with van der Waals surface area (Å²) in [5, 5.41) is 2.98. The van der Waals surface area contributed by atoms with Crippen LogP contribution in [0.2, 0.25) is 0 Å². The van der Waals surface area contributed by atoms with E-state index >= 15 is 0 Å². The van der Waals surface area contributed by atoms with E-state index < -0.39 is 0 Å². The summed E-state index contributed by atoms with van der Waals surface area (Å²) >= 11 is 0. The molecule has 0 saturated heterocycles. The van der Waals surface area contributed by atoms with Crippen molar-refractivity contribution in [1.29, 1.82) is 0 Å². The molecule has 5 heteroatoms. The van der Waals surface area contributed by atoms with E-state index in [0.29, 0.717) is 25.6 Å². The number of benzene rings is 1. The third-order valence-electron chi connectivity index (χ3n) is 3.14. The molecule has 1 aromatic rings. The third kappa shape index (κ3) is 4.80. The number of nitrogens with one attached hydrogen (secondary N) is 1. The Morgan fingerprint density at radius 1 is 1.47 bits per heavy atom. The van der Waals surface area contributed by atoms with Crippen LogP contribution in [0.1, 0.15) is 24.8 Å². The molecular formula is C14H20ClFN2O. The smallest absolute Gasteiger partial charge is 0.224 e. The van der Waals surface area contributed by atoms with Gasteiger partial charge >= 0.3 is 0 Å². The van der Waals surface area contributed by atoms with Gasteiger partial charge in [0.15, 0.2) is 0 Å². The zero-order valence-corrected chi connectivity index (χ0v) is 11.9. The Morgan fingerprint density at radius 3 is 2.79 bits per heavy atom. The summed E-state index contributed by atoms with van der Waals surface area (Å²) in [4.78, 5) is 13.9. The number of rotatable bonds is 6. The average molecular weight is 287 g/mol. The van der Waals surface area contributed by atoms with Gasteiger partial charge in [-0.2, -0.15) is 0 Å². The molecule has 0 atom stereocenters. The molecule has 1 fully saturated rings. The van der Waals surface area contributed by atoms with E-state index in [2.05, 4.69) is 5.32 Å². The first kappa shape index (κ1) is 15.9. The quantitative estimate of drug-likeness (QED) is 0.871. The Balaban J connectivity index is 0.00000180. The van der Waals surface area contributed by atoms with Crippen molar-refractivity contribution in [1.82, 2.24) is 10.2 Å². The van der Waals surface area contributed by atoms with E-state index in [1.165, 1.54) is 12.1 Å². The zero-order valence-electron chi connectivity index (χ0n) is 11.1. The minimum absolute atomic E-state index is 0. The molecule has 1 aliphatic carbocycles. The zero-order chi connectivity index (χ0) is 13.0. The predicted octanol–water partition coefficient (Wildman–Crippen LogP) is 2.35. The summed E-state index contributed by atoms with van der Waals surface area (Å²) in [5.74, 6) is -0.0953. The number of carbonyl (C=O) groups excluding carboxylic acids is 1. The van der Waals surface area contributed by atoms with Crippen molar-refractivity contribution >= 4 is 18.3 Å². The van der Waals surface area contributed by atoms with Gasteiger partial charge in [-0.15, -0.1) is 12.4 Å². The minimum Gasteiger partial charge on any atom is -0.335 e. The Hall–Kier alpha value is -1.13. The summed E-state index contributed by atoms with van der Waals surface area (Å²) in [6.07, 6.45) is 2.64. The van der Waals surface area contributed by atoms with Gasteiger partial charge in [-0.05, 0) is 37.6 Å². The molecule has 1 aliphatic rings. The average Bonchev–Trinajstić information content (AvgIpc) is 3.17. The maximum Gasteiger partial charge on any atom is 0.224 e. The van der Waals surface area contributed by atoms with E-state index in [9.17, 15) is 9.18 Å². The molecule has 1 amide bonds. The Bertz CT molecular complexity index is 424. The Morgan fingerprint density at radius 2 is 2.21 bits per heavy atom. The van der Waals surface area contributed by atoms with Gasteiger partial charge in [0.25, 0.3) is 0 Å². The molecule has 0 unspecified atom stereocenters. The molecule has 0 aliphatic heterocycles. The summed E-state index contributed by atoms with van der Waals surface area (Å²) in [6.45, 7) is 1.20. The van der Waals surface area contributed by atoms with Gasteiger partial charge in [-0.25, -0.2) is 4.39 Å². The largest absolute Gasteiger partial charge is 0.335 e. The molecule has 1 N–H and O–H groups in total. The second-order valence-corrected chi connectivity index (χ2v) is 4.74. The van der Waals surface area contributed by atoms with E-state index in [4.69, 9.17) is 0 Å². The van der Waals surface area contributed by atoms with E-state index in [1.807, 2.05) is 18.0 Å². The van der Waals surface area contributed by atoms with Gasteiger partial charge < -0.3 is 10.2 Å². The van der Waals surface area contributed by atoms with Crippen LogP contribution in [0.15, 0.2) is 24.3 Å². The number of amides is 1. The fourth-order valence-electron chi connectivity index (χ4n) is 2.01. The standard InChI is InChI=1S/C14H19FN2O.ClH/c1-16-8-7-14(18)17(13-5-6-13)10-11-3-2-4-12(15)9-11;/h2-4,9,13,16H,5-8,10H2,1H3;1H. The van der Waals surface area contributed by atoms with Crippen LogP contribution in [-0.4, -0.2) is 30.4 Å². The summed E-state index contributed by atoms with van der Waals surface area (Å²) in [5.41, 5.74) is 0.861. The van der Waals surface area contributed by atoms with Crippen LogP contribution in [-0.2, 0) is 11.3 Å². The van der Waals surface area contributed by atoms with E-state index in [0.717, 1.165) is 18.4 Å². The highest BCUT2D eigenvalue weighted by atomic mass is 35.5.